The molecule has 6 nitrogen and oxygen atoms in total. The number of carbonyl (C=O) groups excluding carboxylic acids is 2. The van der Waals surface area contributed by atoms with Crippen LogP contribution in [-0.2, 0) is 16.1 Å². The summed E-state index contributed by atoms with van der Waals surface area (Å²) in [6.07, 6.45) is 2.54. The van der Waals surface area contributed by atoms with Crippen molar-refractivity contribution in [3.8, 4) is 5.75 Å². The lowest BCUT2D eigenvalue weighted by atomic mass is 10.0. The highest BCUT2D eigenvalue weighted by Crippen LogP contribution is 2.33. The number of pyridine rings is 1. The zero-order chi connectivity index (χ0) is 23.4. The summed E-state index contributed by atoms with van der Waals surface area (Å²) in [6.45, 7) is 4.64. The highest BCUT2D eigenvalue weighted by Gasteiger charge is 2.39. The van der Waals surface area contributed by atoms with E-state index < -0.39 is 5.91 Å². The zero-order valence-corrected chi connectivity index (χ0v) is 19.2. The summed E-state index contributed by atoms with van der Waals surface area (Å²) >= 11 is 6.18. The lowest BCUT2D eigenvalue weighted by molar-refractivity contribution is -0.137. The third-order valence-corrected chi connectivity index (χ3v) is 5.52. The Morgan fingerprint density at radius 1 is 1.03 bits per heavy atom. The van der Waals surface area contributed by atoms with Crippen molar-refractivity contribution in [1.82, 2.24) is 9.88 Å². The van der Waals surface area contributed by atoms with Crippen LogP contribution >= 0.6 is 11.6 Å². The molecule has 0 aliphatic carbocycles. The maximum atomic E-state index is 13.5. The zero-order valence-electron chi connectivity index (χ0n) is 18.5. The van der Waals surface area contributed by atoms with E-state index in [1.54, 1.807) is 54.7 Å². The Morgan fingerprint density at radius 3 is 2.52 bits per heavy atom. The molecule has 0 bridgehead atoms. The van der Waals surface area contributed by atoms with Crippen molar-refractivity contribution >= 4 is 34.7 Å². The molecule has 1 N–H and O–H groups in total. The molecule has 0 saturated carbocycles. The molecule has 3 aromatic rings. The van der Waals surface area contributed by atoms with E-state index in [4.69, 9.17) is 16.3 Å². The van der Waals surface area contributed by atoms with Crippen molar-refractivity contribution in [3.05, 3.63) is 94.4 Å². The highest BCUT2D eigenvalue weighted by atomic mass is 35.5. The van der Waals surface area contributed by atoms with Crippen LogP contribution in [0.15, 0.2) is 72.6 Å². The Bertz CT molecular complexity index is 1210. The first-order chi connectivity index (χ1) is 16.0. The van der Waals surface area contributed by atoms with Gasteiger partial charge in [-0.3, -0.25) is 19.5 Å². The van der Waals surface area contributed by atoms with Crippen LogP contribution in [0.3, 0.4) is 0 Å². The number of aryl methyl sites for hydroxylation is 1. The number of nitrogens with one attached hydrogen (secondary N) is 1. The van der Waals surface area contributed by atoms with E-state index in [-0.39, 0.29) is 18.1 Å². The maximum Gasteiger partial charge on any atom is 0.278 e. The fraction of sp³-hybridized carbons (Fsp3) is 0.192. The second-order valence-electron chi connectivity index (χ2n) is 7.72. The molecular weight excluding hydrogens is 438 g/mol. The summed E-state index contributed by atoms with van der Waals surface area (Å²) in [4.78, 5) is 32.3. The van der Waals surface area contributed by atoms with Crippen LogP contribution in [0.1, 0.15) is 30.2 Å². The van der Waals surface area contributed by atoms with Gasteiger partial charge in [-0.2, -0.15) is 0 Å². The molecule has 7 heteroatoms. The molecule has 0 saturated heterocycles. The van der Waals surface area contributed by atoms with E-state index in [9.17, 15) is 9.59 Å². The van der Waals surface area contributed by atoms with Crippen molar-refractivity contribution < 1.29 is 14.3 Å². The van der Waals surface area contributed by atoms with Gasteiger partial charge in [0.2, 0.25) is 0 Å². The number of halogens is 1. The van der Waals surface area contributed by atoms with E-state index >= 15 is 0 Å². The molecule has 2 amide bonds. The molecule has 168 valence electrons. The second kappa shape index (κ2) is 9.88. The number of rotatable bonds is 8. The molecule has 1 aromatic heterocycles. The molecule has 1 aliphatic rings. The number of amides is 2. The summed E-state index contributed by atoms with van der Waals surface area (Å²) in [6, 6.07) is 18.0. The monoisotopic (exact) mass is 461 g/mol. The summed E-state index contributed by atoms with van der Waals surface area (Å²) in [7, 11) is 0. The first kappa shape index (κ1) is 22.6. The Hall–Kier alpha value is -3.64. The fourth-order valence-electron chi connectivity index (χ4n) is 3.56. The Labute approximate surface area is 197 Å². The van der Waals surface area contributed by atoms with Crippen molar-refractivity contribution in [2.24, 2.45) is 0 Å². The molecule has 0 fully saturated rings. The van der Waals surface area contributed by atoms with E-state index in [0.29, 0.717) is 39.9 Å². The van der Waals surface area contributed by atoms with E-state index in [0.717, 1.165) is 12.0 Å². The number of imide groups is 1. The van der Waals surface area contributed by atoms with E-state index in [1.165, 1.54) is 4.90 Å². The van der Waals surface area contributed by atoms with Crippen LogP contribution in [0.5, 0.6) is 5.75 Å². The Kier molecular flexibility index (Phi) is 6.75. The quantitative estimate of drug-likeness (QED) is 0.465. The van der Waals surface area contributed by atoms with E-state index in [1.807, 2.05) is 26.0 Å². The minimum Gasteiger partial charge on any atom is -0.494 e. The number of hydrogen-bond acceptors (Lipinski definition) is 5. The number of hydrogen-bond donors (Lipinski definition) is 1. The summed E-state index contributed by atoms with van der Waals surface area (Å²) in [5.41, 5.74) is 3.34. The number of benzene rings is 2. The first-order valence-corrected chi connectivity index (χ1v) is 11.1. The van der Waals surface area contributed by atoms with Gasteiger partial charge in [0.15, 0.2) is 0 Å². The first-order valence-electron chi connectivity index (χ1n) is 10.7. The predicted molar refractivity (Wildman–Crippen MR) is 129 cm³/mol. The Balaban J connectivity index is 1.73. The topological polar surface area (TPSA) is 71.5 Å². The number of carbonyl (C=O) groups is 2. The average molecular weight is 462 g/mol. The number of ether oxygens (including phenoxy) is 1. The van der Waals surface area contributed by atoms with Crippen molar-refractivity contribution in [2.45, 2.75) is 26.8 Å². The fourth-order valence-corrected chi connectivity index (χ4v) is 3.73. The van der Waals surface area contributed by atoms with Crippen molar-refractivity contribution in [1.29, 1.82) is 0 Å². The minimum atomic E-state index is -0.411. The van der Waals surface area contributed by atoms with Crippen LogP contribution in [0.25, 0.3) is 5.57 Å². The van der Waals surface area contributed by atoms with Crippen molar-refractivity contribution in [3.63, 3.8) is 0 Å². The van der Waals surface area contributed by atoms with Gasteiger partial charge < -0.3 is 10.1 Å². The highest BCUT2D eigenvalue weighted by molar-refractivity contribution is 6.36. The molecule has 2 aromatic carbocycles. The second-order valence-corrected chi connectivity index (χ2v) is 8.16. The normalized spacial score (nSPS) is 13.6. The van der Waals surface area contributed by atoms with Gasteiger partial charge in [-0.25, -0.2) is 0 Å². The molecule has 0 unspecified atom stereocenters. The van der Waals surface area contributed by atoms with Gasteiger partial charge in [0.25, 0.3) is 11.8 Å². The molecule has 0 spiro atoms. The predicted octanol–water partition coefficient (Wildman–Crippen LogP) is 5.22. The third-order valence-electron chi connectivity index (χ3n) is 5.29. The summed E-state index contributed by atoms with van der Waals surface area (Å²) in [5.74, 6) is -0.0788. The summed E-state index contributed by atoms with van der Waals surface area (Å²) in [5, 5.41) is 3.71. The SMILES string of the molecule is CCCOc1ccc(C2=C(Nc3cc(Cl)ccc3C)C(=O)N(Cc3ccccn3)C2=O)cc1. The number of nitrogens with zero attached hydrogens (tertiary/aromatic N) is 2. The standard InChI is InChI=1S/C26H24ClN3O3/c1-3-14-33-21-11-8-18(9-12-21)23-24(29-22-15-19(27)10-7-17(22)2)26(32)30(25(23)31)16-20-6-4-5-13-28-20/h4-13,15,29H,3,14,16H2,1-2H3. The molecular formula is C26H24ClN3O3. The van der Waals surface area contributed by atoms with Gasteiger partial charge in [0.1, 0.15) is 11.4 Å². The van der Waals surface area contributed by atoms with Crippen LogP contribution in [0, 0.1) is 6.92 Å². The van der Waals surface area contributed by atoms with Crippen LogP contribution < -0.4 is 10.1 Å². The molecule has 1 aliphatic heterocycles. The van der Waals surface area contributed by atoms with Gasteiger partial charge >= 0.3 is 0 Å². The smallest absolute Gasteiger partial charge is 0.278 e. The number of anilines is 1. The lowest BCUT2D eigenvalue weighted by Gasteiger charge is -2.15. The van der Waals surface area contributed by atoms with Gasteiger partial charge in [-0.1, -0.05) is 42.8 Å². The lowest BCUT2D eigenvalue weighted by Crippen LogP contribution is -2.32. The average Bonchev–Trinajstić information content (AvgIpc) is 3.05. The Morgan fingerprint density at radius 2 is 1.82 bits per heavy atom. The summed E-state index contributed by atoms with van der Waals surface area (Å²) < 4.78 is 5.66. The largest absolute Gasteiger partial charge is 0.494 e. The number of aromatic nitrogens is 1. The molecule has 0 atom stereocenters. The minimum absolute atomic E-state index is 0.0827. The van der Waals surface area contributed by atoms with Gasteiger partial charge in [-0.05, 0) is 60.9 Å². The van der Waals surface area contributed by atoms with E-state index in [2.05, 4.69) is 10.3 Å². The molecule has 2 heterocycles. The van der Waals surface area contributed by atoms with Crippen LogP contribution in [-0.4, -0.2) is 28.3 Å². The molecule has 4 rings (SSSR count). The van der Waals surface area contributed by atoms with Crippen molar-refractivity contribution in [2.75, 3.05) is 11.9 Å². The van der Waals surface area contributed by atoms with Gasteiger partial charge in [0, 0.05) is 16.9 Å². The van der Waals surface area contributed by atoms with Crippen LogP contribution in [0.2, 0.25) is 5.02 Å². The molecule has 0 radical (unpaired) electrons. The van der Waals surface area contributed by atoms with Gasteiger partial charge in [-0.15, -0.1) is 0 Å². The third kappa shape index (κ3) is 4.91. The molecule has 33 heavy (non-hydrogen) atoms. The maximum absolute atomic E-state index is 13.5. The van der Waals surface area contributed by atoms with Gasteiger partial charge in [0.05, 0.1) is 24.4 Å². The van der Waals surface area contributed by atoms with Crippen LogP contribution in [0.4, 0.5) is 5.69 Å².